The summed E-state index contributed by atoms with van der Waals surface area (Å²) < 4.78 is 1.70. The van der Waals surface area contributed by atoms with Crippen molar-refractivity contribution in [1.82, 2.24) is 25.1 Å². The highest BCUT2D eigenvalue weighted by Gasteiger charge is 2.36. The number of aromatic nitrogens is 4. The molecule has 8 heteroatoms. The fraction of sp³-hybridized carbons (Fsp3) is 0.467. The lowest BCUT2D eigenvalue weighted by atomic mass is 9.75. The van der Waals surface area contributed by atoms with Crippen molar-refractivity contribution >= 4 is 11.9 Å². The molecule has 3 rings (SSSR count). The molecule has 0 aliphatic heterocycles. The number of anilines is 1. The van der Waals surface area contributed by atoms with Gasteiger partial charge in [-0.05, 0) is 25.7 Å². The van der Waals surface area contributed by atoms with Crippen molar-refractivity contribution < 1.29 is 9.90 Å². The normalized spacial score (nSPS) is 21.5. The summed E-state index contributed by atoms with van der Waals surface area (Å²) >= 11 is 0. The SMILES string of the molecule is Cc1nc(N)ncc1C(=O)N[C@H](c1cnn(C)c1)C1CC(O)C1. The number of nitrogens with one attached hydrogen (secondary N) is 1. The second-order valence-electron chi connectivity index (χ2n) is 6.01. The van der Waals surface area contributed by atoms with Gasteiger partial charge in [0.15, 0.2) is 0 Å². The number of rotatable bonds is 4. The largest absolute Gasteiger partial charge is 0.393 e. The zero-order valence-electron chi connectivity index (χ0n) is 13.1. The van der Waals surface area contributed by atoms with E-state index in [4.69, 9.17) is 5.73 Å². The molecule has 1 aliphatic rings. The number of aliphatic hydroxyl groups is 1. The van der Waals surface area contributed by atoms with Crippen molar-refractivity contribution in [3.8, 4) is 0 Å². The summed E-state index contributed by atoms with van der Waals surface area (Å²) in [6.07, 6.45) is 6.08. The summed E-state index contributed by atoms with van der Waals surface area (Å²) in [6.45, 7) is 1.72. The Kier molecular flexibility index (Phi) is 3.99. The number of hydrogen-bond donors (Lipinski definition) is 3. The summed E-state index contributed by atoms with van der Waals surface area (Å²) in [7, 11) is 1.83. The minimum Gasteiger partial charge on any atom is -0.393 e. The van der Waals surface area contributed by atoms with E-state index in [0.717, 1.165) is 5.56 Å². The average Bonchev–Trinajstić information content (AvgIpc) is 2.88. The predicted octanol–water partition coefficient (Wildman–Crippen LogP) is 0.343. The van der Waals surface area contributed by atoms with Crippen LogP contribution in [0.5, 0.6) is 0 Å². The van der Waals surface area contributed by atoms with Gasteiger partial charge in [0.05, 0.1) is 29.6 Å². The van der Waals surface area contributed by atoms with Gasteiger partial charge in [0.25, 0.3) is 5.91 Å². The molecular formula is C15H20N6O2. The van der Waals surface area contributed by atoms with Crippen LogP contribution in [0, 0.1) is 12.8 Å². The van der Waals surface area contributed by atoms with Crippen LogP contribution < -0.4 is 11.1 Å². The number of amides is 1. The van der Waals surface area contributed by atoms with Crippen LogP contribution in [0.1, 0.15) is 40.5 Å². The summed E-state index contributed by atoms with van der Waals surface area (Å²) in [5.41, 5.74) is 7.38. The van der Waals surface area contributed by atoms with Crippen molar-refractivity contribution in [3.05, 3.63) is 35.4 Å². The molecule has 2 heterocycles. The Balaban J connectivity index is 1.81. The number of nitrogen functional groups attached to an aromatic ring is 1. The standard InChI is InChI=1S/C15H20N6O2/c1-8-12(6-17-15(16)19-8)14(23)20-13(9-3-11(22)4-9)10-5-18-21(2)7-10/h5-7,9,11,13,22H,3-4H2,1-2H3,(H,20,23)(H2,16,17,19)/t9?,11?,13-/m0/s1. The molecule has 0 aromatic carbocycles. The maximum Gasteiger partial charge on any atom is 0.255 e. The van der Waals surface area contributed by atoms with E-state index in [-0.39, 0.29) is 29.9 Å². The molecule has 0 bridgehead atoms. The predicted molar refractivity (Wildman–Crippen MR) is 83.3 cm³/mol. The van der Waals surface area contributed by atoms with E-state index in [1.54, 1.807) is 17.8 Å². The molecule has 122 valence electrons. The van der Waals surface area contributed by atoms with Gasteiger partial charge in [0.2, 0.25) is 5.95 Å². The lowest BCUT2D eigenvalue weighted by Gasteiger charge is -2.37. The zero-order valence-corrected chi connectivity index (χ0v) is 13.1. The molecule has 0 spiro atoms. The Morgan fingerprint density at radius 2 is 2.22 bits per heavy atom. The van der Waals surface area contributed by atoms with Gasteiger partial charge in [0, 0.05) is 25.0 Å². The molecule has 4 N–H and O–H groups in total. The van der Waals surface area contributed by atoms with E-state index in [9.17, 15) is 9.90 Å². The molecule has 0 unspecified atom stereocenters. The summed E-state index contributed by atoms with van der Waals surface area (Å²) in [5.74, 6) is 0.0795. The van der Waals surface area contributed by atoms with Gasteiger partial charge in [-0.3, -0.25) is 9.48 Å². The molecule has 1 aliphatic carbocycles. The second-order valence-corrected chi connectivity index (χ2v) is 6.01. The van der Waals surface area contributed by atoms with Gasteiger partial charge < -0.3 is 16.2 Å². The molecule has 8 nitrogen and oxygen atoms in total. The van der Waals surface area contributed by atoms with E-state index in [0.29, 0.717) is 24.1 Å². The number of carbonyl (C=O) groups is 1. The van der Waals surface area contributed by atoms with Crippen LogP contribution in [0.3, 0.4) is 0 Å². The third-order valence-electron chi connectivity index (χ3n) is 4.23. The number of hydrogen-bond acceptors (Lipinski definition) is 6. The molecule has 1 amide bonds. The Morgan fingerprint density at radius 1 is 1.48 bits per heavy atom. The Hall–Kier alpha value is -2.48. The smallest absolute Gasteiger partial charge is 0.255 e. The molecule has 1 fully saturated rings. The minimum absolute atomic E-state index is 0.143. The van der Waals surface area contributed by atoms with Crippen LogP contribution in [-0.2, 0) is 7.05 Å². The number of nitrogens with zero attached hydrogens (tertiary/aromatic N) is 4. The van der Waals surface area contributed by atoms with Crippen molar-refractivity contribution in [2.45, 2.75) is 31.9 Å². The van der Waals surface area contributed by atoms with E-state index >= 15 is 0 Å². The lowest BCUT2D eigenvalue weighted by molar-refractivity contribution is 0.0235. The molecule has 0 saturated heterocycles. The fourth-order valence-electron chi connectivity index (χ4n) is 2.90. The van der Waals surface area contributed by atoms with E-state index in [2.05, 4.69) is 20.4 Å². The second kappa shape index (κ2) is 5.96. The van der Waals surface area contributed by atoms with Crippen LogP contribution in [0.15, 0.2) is 18.6 Å². The summed E-state index contributed by atoms with van der Waals surface area (Å²) in [5, 5.41) is 16.8. The number of aryl methyl sites for hydroxylation is 2. The van der Waals surface area contributed by atoms with Gasteiger partial charge in [0.1, 0.15) is 0 Å². The van der Waals surface area contributed by atoms with E-state index < -0.39 is 0 Å². The van der Waals surface area contributed by atoms with E-state index in [1.807, 2.05) is 13.2 Å². The Labute approximate surface area is 133 Å². The summed E-state index contributed by atoms with van der Waals surface area (Å²) in [6, 6.07) is -0.198. The first-order valence-corrected chi connectivity index (χ1v) is 7.50. The van der Waals surface area contributed by atoms with Crippen LogP contribution in [0.2, 0.25) is 0 Å². The monoisotopic (exact) mass is 316 g/mol. The third kappa shape index (κ3) is 3.16. The van der Waals surface area contributed by atoms with Crippen LogP contribution in [-0.4, -0.2) is 36.9 Å². The molecule has 1 saturated carbocycles. The highest BCUT2D eigenvalue weighted by molar-refractivity contribution is 5.95. The molecule has 2 aromatic rings. The lowest BCUT2D eigenvalue weighted by Crippen LogP contribution is -2.41. The molecule has 23 heavy (non-hydrogen) atoms. The first-order valence-electron chi connectivity index (χ1n) is 7.50. The maximum absolute atomic E-state index is 12.6. The van der Waals surface area contributed by atoms with Crippen LogP contribution in [0.25, 0.3) is 0 Å². The first kappa shape index (κ1) is 15.4. The van der Waals surface area contributed by atoms with Crippen molar-refractivity contribution in [2.24, 2.45) is 13.0 Å². The number of nitrogens with two attached hydrogens (primary N) is 1. The topological polar surface area (TPSA) is 119 Å². The van der Waals surface area contributed by atoms with Gasteiger partial charge in [-0.25, -0.2) is 9.97 Å². The summed E-state index contributed by atoms with van der Waals surface area (Å²) in [4.78, 5) is 20.5. The minimum atomic E-state index is -0.294. The third-order valence-corrected chi connectivity index (χ3v) is 4.23. The molecule has 0 radical (unpaired) electrons. The van der Waals surface area contributed by atoms with Crippen molar-refractivity contribution in [2.75, 3.05) is 5.73 Å². The van der Waals surface area contributed by atoms with Crippen LogP contribution >= 0.6 is 0 Å². The highest BCUT2D eigenvalue weighted by Crippen LogP contribution is 2.38. The maximum atomic E-state index is 12.6. The molecular weight excluding hydrogens is 296 g/mol. The van der Waals surface area contributed by atoms with Gasteiger partial charge in [-0.15, -0.1) is 0 Å². The Bertz CT molecular complexity index is 723. The van der Waals surface area contributed by atoms with Gasteiger partial charge in [-0.1, -0.05) is 0 Å². The number of carbonyl (C=O) groups excluding carboxylic acids is 1. The fourth-order valence-corrected chi connectivity index (χ4v) is 2.90. The first-order chi connectivity index (χ1) is 10.9. The number of aliphatic hydroxyl groups excluding tert-OH is 1. The molecule has 1 atom stereocenters. The average molecular weight is 316 g/mol. The van der Waals surface area contributed by atoms with Gasteiger partial charge >= 0.3 is 0 Å². The highest BCUT2D eigenvalue weighted by atomic mass is 16.3. The quantitative estimate of drug-likeness (QED) is 0.748. The van der Waals surface area contributed by atoms with Crippen molar-refractivity contribution in [1.29, 1.82) is 0 Å². The Morgan fingerprint density at radius 3 is 2.78 bits per heavy atom. The van der Waals surface area contributed by atoms with E-state index in [1.165, 1.54) is 6.20 Å². The zero-order chi connectivity index (χ0) is 16.6. The van der Waals surface area contributed by atoms with Crippen molar-refractivity contribution in [3.63, 3.8) is 0 Å². The molecule has 2 aromatic heterocycles. The van der Waals surface area contributed by atoms with Crippen LogP contribution in [0.4, 0.5) is 5.95 Å². The van der Waals surface area contributed by atoms with Gasteiger partial charge in [-0.2, -0.15) is 5.10 Å².